The topological polar surface area (TPSA) is 32.3 Å². The molecular formula is C12H20N2O. The van der Waals surface area contributed by atoms with E-state index in [4.69, 9.17) is 0 Å². The molecule has 0 aromatic rings. The number of carbonyl (C=O) groups excluding carboxylic acids is 1. The molecule has 2 saturated carbocycles. The van der Waals surface area contributed by atoms with Gasteiger partial charge in [0.05, 0.1) is 12.2 Å². The highest BCUT2D eigenvalue weighted by Crippen LogP contribution is 2.44. The van der Waals surface area contributed by atoms with Gasteiger partial charge in [-0.3, -0.25) is 10.1 Å². The normalized spacial score (nSPS) is 42.9. The molecule has 3 unspecified atom stereocenters. The average Bonchev–Trinajstić information content (AvgIpc) is 2.86. The van der Waals surface area contributed by atoms with Crippen molar-refractivity contribution >= 4 is 5.91 Å². The first kappa shape index (κ1) is 9.64. The van der Waals surface area contributed by atoms with Crippen molar-refractivity contribution in [2.45, 2.75) is 51.1 Å². The van der Waals surface area contributed by atoms with Crippen LogP contribution in [0.2, 0.25) is 0 Å². The minimum absolute atomic E-state index is 0.106. The molecule has 0 bridgehead atoms. The van der Waals surface area contributed by atoms with Gasteiger partial charge >= 0.3 is 0 Å². The first-order valence-corrected chi connectivity index (χ1v) is 6.20. The van der Waals surface area contributed by atoms with Crippen LogP contribution in [0.1, 0.15) is 39.5 Å². The van der Waals surface area contributed by atoms with Crippen molar-refractivity contribution in [1.82, 2.24) is 10.2 Å². The summed E-state index contributed by atoms with van der Waals surface area (Å²) in [7, 11) is 0. The van der Waals surface area contributed by atoms with Crippen LogP contribution in [-0.4, -0.2) is 29.1 Å². The SMILES string of the molecule is CC1CCC(N2CNC3(CC3)C2=O)C1C. The maximum absolute atomic E-state index is 12.2. The molecule has 1 saturated heterocycles. The van der Waals surface area contributed by atoms with E-state index in [9.17, 15) is 4.79 Å². The van der Waals surface area contributed by atoms with Crippen molar-refractivity contribution < 1.29 is 4.79 Å². The summed E-state index contributed by atoms with van der Waals surface area (Å²) in [5.74, 6) is 1.83. The molecule has 1 amide bonds. The number of hydrogen-bond donors (Lipinski definition) is 1. The Morgan fingerprint density at radius 3 is 2.53 bits per heavy atom. The van der Waals surface area contributed by atoms with Gasteiger partial charge in [0.15, 0.2) is 0 Å². The van der Waals surface area contributed by atoms with Crippen LogP contribution in [0.4, 0.5) is 0 Å². The second-order valence-electron chi connectivity index (χ2n) is 5.67. The molecule has 0 aromatic heterocycles. The average molecular weight is 208 g/mol. The zero-order valence-electron chi connectivity index (χ0n) is 9.62. The van der Waals surface area contributed by atoms with Crippen LogP contribution in [0.15, 0.2) is 0 Å². The Morgan fingerprint density at radius 1 is 1.33 bits per heavy atom. The Balaban J connectivity index is 1.76. The number of carbonyl (C=O) groups is 1. The minimum atomic E-state index is -0.106. The van der Waals surface area contributed by atoms with Crippen LogP contribution >= 0.6 is 0 Å². The smallest absolute Gasteiger partial charge is 0.244 e. The Hall–Kier alpha value is -0.570. The van der Waals surface area contributed by atoms with Gasteiger partial charge in [-0.1, -0.05) is 13.8 Å². The van der Waals surface area contributed by atoms with E-state index in [0.717, 1.165) is 25.4 Å². The zero-order valence-corrected chi connectivity index (χ0v) is 9.62. The number of hydrogen-bond acceptors (Lipinski definition) is 2. The molecule has 1 heterocycles. The minimum Gasteiger partial charge on any atom is -0.325 e. The summed E-state index contributed by atoms with van der Waals surface area (Å²) in [6.45, 7) is 5.40. The number of rotatable bonds is 1. The van der Waals surface area contributed by atoms with E-state index in [1.807, 2.05) is 0 Å². The third kappa shape index (κ3) is 1.25. The molecule has 0 aromatic carbocycles. The third-order valence-corrected chi connectivity index (χ3v) is 4.83. The molecule has 0 radical (unpaired) electrons. The standard InChI is InChI=1S/C12H20N2O/c1-8-3-4-10(9(8)2)14-7-13-12(5-6-12)11(14)15/h8-10,13H,3-7H2,1-2H3. The van der Waals surface area contributed by atoms with Gasteiger partial charge in [-0.15, -0.1) is 0 Å². The fourth-order valence-corrected chi connectivity index (χ4v) is 3.22. The van der Waals surface area contributed by atoms with Gasteiger partial charge in [0.2, 0.25) is 5.91 Å². The quantitative estimate of drug-likeness (QED) is 0.705. The van der Waals surface area contributed by atoms with Crippen LogP contribution in [0.5, 0.6) is 0 Å². The second-order valence-corrected chi connectivity index (χ2v) is 5.67. The van der Waals surface area contributed by atoms with E-state index in [-0.39, 0.29) is 5.54 Å². The van der Waals surface area contributed by atoms with Gasteiger partial charge in [0.1, 0.15) is 0 Å². The zero-order chi connectivity index (χ0) is 10.6. The highest BCUT2D eigenvalue weighted by molar-refractivity contribution is 5.91. The molecule has 2 aliphatic carbocycles. The summed E-state index contributed by atoms with van der Waals surface area (Å²) in [5.41, 5.74) is -0.106. The first-order valence-electron chi connectivity index (χ1n) is 6.20. The van der Waals surface area contributed by atoms with Gasteiger partial charge in [-0.05, 0) is 37.5 Å². The largest absolute Gasteiger partial charge is 0.325 e. The summed E-state index contributed by atoms with van der Waals surface area (Å²) in [6.07, 6.45) is 4.59. The lowest BCUT2D eigenvalue weighted by Gasteiger charge is -2.28. The molecule has 84 valence electrons. The molecule has 3 nitrogen and oxygen atoms in total. The molecular weight excluding hydrogens is 188 g/mol. The summed E-state index contributed by atoms with van der Waals surface area (Å²) in [4.78, 5) is 14.3. The fourth-order valence-electron chi connectivity index (χ4n) is 3.22. The van der Waals surface area contributed by atoms with Crippen molar-refractivity contribution in [3.05, 3.63) is 0 Å². The molecule has 1 N–H and O–H groups in total. The second kappa shape index (κ2) is 2.97. The van der Waals surface area contributed by atoms with Crippen molar-refractivity contribution in [3.63, 3.8) is 0 Å². The van der Waals surface area contributed by atoms with E-state index in [0.29, 0.717) is 17.9 Å². The summed E-state index contributed by atoms with van der Waals surface area (Å²) < 4.78 is 0. The molecule has 15 heavy (non-hydrogen) atoms. The molecule has 3 fully saturated rings. The number of nitrogens with zero attached hydrogens (tertiary/aromatic N) is 1. The lowest BCUT2D eigenvalue weighted by atomic mass is 9.97. The predicted molar refractivity (Wildman–Crippen MR) is 58.2 cm³/mol. The van der Waals surface area contributed by atoms with Gasteiger partial charge in [0.25, 0.3) is 0 Å². The summed E-state index contributed by atoms with van der Waals surface area (Å²) >= 11 is 0. The van der Waals surface area contributed by atoms with Crippen LogP contribution in [0, 0.1) is 11.8 Å². The number of amides is 1. The van der Waals surface area contributed by atoms with E-state index >= 15 is 0 Å². The highest BCUT2D eigenvalue weighted by Gasteiger charge is 2.57. The monoisotopic (exact) mass is 208 g/mol. The van der Waals surface area contributed by atoms with Crippen LogP contribution in [0.25, 0.3) is 0 Å². The Kier molecular flexibility index (Phi) is 1.91. The molecule has 3 atom stereocenters. The first-order chi connectivity index (χ1) is 7.14. The van der Waals surface area contributed by atoms with Crippen molar-refractivity contribution in [1.29, 1.82) is 0 Å². The van der Waals surface area contributed by atoms with E-state index in [1.165, 1.54) is 12.8 Å². The van der Waals surface area contributed by atoms with Crippen molar-refractivity contribution in [2.75, 3.05) is 6.67 Å². The van der Waals surface area contributed by atoms with E-state index in [1.54, 1.807) is 0 Å². The maximum Gasteiger partial charge on any atom is 0.244 e. The highest BCUT2D eigenvalue weighted by atomic mass is 16.2. The van der Waals surface area contributed by atoms with E-state index in [2.05, 4.69) is 24.1 Å². The summed E-state index contributed by atoms with van der Waals surface area (Å²) in [6, 6.07) is 0.500. The van der Waals surface area contributed by atoms with Crippen LogP contribution in [0.3, 0.4) is 0 Å². The maximum atomic E-state index is 12.2. The van der Waals surface area contributed by atoms with E-state index < -0.39 is 0 Å². The predicted octanol–water partition coefficient (Wildman–Crippen LogP) is 1.34. The Morgan fingerprint density at radius 2 is 2.07 bits per heavy atom. The molecule has 3 aliphatic rings. The van der Waals surface area contributed by atoms with Crippen molar-refractivity contribution in [3.8, 4) is 0 Å². The summed E-state index contributed by atoms with van der Waals surface area (Å²) in [5, 5.41) is 3.40. The number of nitrogens with one attached hydrogen (secondary N) is 1. The van der Waals surface area contributed by atoms with Crippen molar-refractivity contribution in [2.24, 2.45) is 11.8 Å². The molecule has 1 spiro atoms. The Bertz CT molecular complexity index is 298. The van der Waals surface area contributed by atoms with Gasteiger partial charge in [0, 0.05) is 6.04 Å². The lowest BCUT2D eigenvalue weighted by molar-refractivity contribution is -0.132. The molecule has 1 aliphatic heterocycles. The molecule has 3 heteroatoms. The van der Waals surface area contributed by atoms with Gasteiger partial charge < -0.3 is 4.90 Å². The third-order valence-electron chi connectivity index (χ3n) is 4.83. The lowest BCUT2D eigenvalue weighted by Crippen LogP contribution is -2.41. The fraction of sp³-hybridized carbons (Fsp3) is 0.917. The van der Waals surface area contributed by atoms with Crippen LogP contribution in [-0.2, 0) is 4.79 Å². The van der Waals surface area contributed by atoms with Crippen LogP contribution < -0.4 is 5.32 Å². The molecule has 3 rings (SSSR count). The van der Waals surface area contributed by atoms with Gasteiger partial charge in [-0.2, -0.15) is 0 Å². The van der Waals surface area contributed by atoms with Gasteiger partial charge in [-0.25, -0.2) is 0 Å². The Labute approximate surface area is 91.2 Å².